The summed E-state index contributed by atoms with van der Waals surface area (Å²) >= 11 is 0. The van der Waals surface area contributed by atoms with Gasteiger partial charge in [-0.3, -0.25) is 4.79 Å². The molecule has 2 atom stereocenters. The normalized spacial score (nSPS) is 21.7. The highest BCUT2D eigenvalue weighted by atomic mass is 19.4. The zero-order valence-electron chi connectivity index (χ0n) is 12.4. The largest absolute Gasteiger partial charge is 0.487 e. The summed E-state index contributed by atoms with van der Waals surface area (Å²) in [6, 6.07) is 5.79. The molecule has 3 nitrogen and oxygen atoms in total. The molecule has 23 heavy (non-hydrogen) atoms. The lowest BCUT2D eigenvalue weighted by atomic mass is 9.81. The lowest BCUT2D eigenvalue weighted by Gasteiger charge is -2.29. The predicted molar refractivity (Wildman–Crippen MR) is 74.4 cm³/mol. The highest BCUT2D eigenvalue weighted by Gasteiger charge is 2.43. The molecule has 1 fully saturated rings. The first-order valence-corrected chi connectivity index (χ1v) is 7.48. The summed E-state index contributed by atoms with van der Waals surface area (Å²) in [7, 11) is 0. The van der Waals surface area contributed by atoms with Crippen LogP contribution in [0.15, 0.2) is 24.3 Å². The molecular formula is C16H18F4O3. The second-order valence-corrected chi connectivity index (χ2v) is 5.55. The van der Waals surface area contributed by atoms with Crippen LogP contribution in [0.4, 0.5) is 17.6 Å². The molecule has 1 aromatic carbocycles. The van der Waals surface area contributed by atoms with Gasteiger partial charge in [-0.2, -0.15) is 13.2 Å². The van der Waals surface area contributed by atoms with Crippen LogP contribution >= 0.6 is 0 Å². The lowest BCUT2D eigenvalue weighted by Crippen LogP contribution is -2.33. The van der Waals surface area contributed by atoms with Crippen LogP contribution in [0.5, 0.6) is 5.75 Å². The van der Waals surface area contributed by atoms with Gasteiger partial charge in [-0.05, 0) is 31.4 Å². The number of carbonyl (C=O) groups is 1. The standard InChI is InChI=1S/C16H18F4O3/c17-13-6-1-2-7-14(13)22-8-9-23-15(21)11-4-3-5-12(10-11)16(18,19)20/h1-2,6-7,11-12H,3-5,8-10H2. The molecule has 1 aromatic rings. The zero-order chi connectivity index (χ0) is 16.9. The van der Waals surface area contributed by atoms with Crippen molar-refractivity contribution in [2.45, 2.75) is 31.9 Å². The van der Waals surface area contributed by atoms with Gasteiger partial charge in [-0.1, -0.05) is 18.6 Å². The molecule has 2 rings (SSSR count). The molecule has 1 aliphatic carbocycles. The molecule has 0 N–H and O–H groups in total. The first kappa shape index (κ1) is 17.6. The van der Waals surface area contributed by atoms with Crippen molar-refractivity contribution < 1.29 is 31.8 Å². The Bertz CT molecular complexity index is 530. The molecule has 1 saturated carbocycles. The van der Waals surface area contributed by atoms with Crippen LogP contribution in [-0.4, -0.2) is 25.4 Å². The van der Waals surface area contributed by atoms with Crippen LogP contribution in [0, 0.1) is 17.7 Å². The van der Waals surface area contributed by atoms with Crippen molar-refractivity contribution in [2.24, 2.45) is 11.8 Å². The molecule has 0 heterocycles. The van der Waals surface area contributed by atoms with Crippen molar-refractivity contribution in [1.29, 1.82) is 0 Å². The smallest absolute Gasteiger partial charge is 0.391 e. The number of hydrogen-bond acceptors (Lipinski definition) is 3. The third kappa shape index (κ3) is 5.11. The monoisotopic (exact) mass is 334 g/mol. The van der Waals surface area contributed by atoms with E-state index in [1.165, 1.54) is 18.2 Å². The van der Waals surface area contributed by atoms with Crippen molar-refractivity contribution in [3.05, 3.63) is 30.1 Å². The van der Waals surface area contributed by atoms with Gasteiger partial charge in [0.1, 0.15) is 13.2 Å². The van der Waals surface area contributed by atoms with Gasteiger partial charge in [0, 0.05) is 0 Å². The molecular weight excluding hydrogens is 316 g/mol. The Morgan fingerprint density at radius 2 is 1.91 bits per heavy atom. The Balaban J connectivity index is 1.73. The van der Waals surface area contributed by atoms with Gasteiger partial charge in [0.25, 0.3) is 0 Å². The number of benzene rings is 1. The Morgan fingerprint density at radius 1 is 1.17 bits per heavy atom. The van der Waals surface area contributed by atoms with Crippen LogP contribution in [0.25, 0.3) is 0 Å². The maximum absolute atomic E-state index is 13.3. The van der Waals surface area contributed by atoms with E-state index in [0.29, 0.717) is 12.8 Å². The fourth-order valence-electron chi connectivity index (χ4n) is 2.67. The van der Waals surface area contributed by atoms with Crippen LogP contribution < -0.4 is 4.74 Å². The predicted octanol–water partition coefficient (Wildman–Crippen LogP) is 4.12. The molecule has 0 aromatic heterocycles. The number of halogens is 4. The fourth-order valence-corrected chi connectivity index (χ4v) is 2.67. The highest BCUT2D eigenvalue weighted by molar-refractivity contribution is 5.72. The highest BCUT2D eigenvalue weighted by Crippen LogP contribution is 2.40. The number of para-hydroxylation sites is 1. The van der Waals surface area contributed by atoms with Crippen LogP contribution in [0.1, 0.15) is 25.7 Å². The number of alkyl halides is 3. The number of rotatable bonds is 5. The van der Waals surface area contributed by atoms with Gasteiger partial charge >= 0.3 is 12.1 Å². The van der Waals surface area contributed by atoms with E-state index in [0.717, 1.165) is 0 Å². The van der Waals surface area contributed by atoms with E-state index in [1.54, 1.807) is 6.07 Å². The lowest BCUT2D eigenvalue weighted by molar-refractivity contribution is -0.189. The van der Waals surface area contributed by atoms with E-state index in [9.17, 15) is 22.4 Å². The van der Waals surface area contributed by atoms with E-state index in [4.69, 9.17) is 9.47 Å². The number of hydrogen-bond donors (Lipinski definition) is 0. The van der Waals surface area contributed by atoms with Crippen LogP contribution in [0.2, 0.25) is 0 Å². The minimum absolute atomic E-state index is 0.0401. The molecule has 128 valence electrons. The van der Waals surface area contributed by atoms with E-state index < -0.39 is 29.8 Å². The fraction of sp³-hybridized carbons (Fsp3) is 0.562. The average Bonchev–Trinajstić information content (AvgIpc) is 2.52. The van der Waals surface area contributed by atoms with E-state index >= 15 is 0 Å². The van der Waals surface area contributed by atoms with Crippen LogP contribution in [-0.2, 0) is 9.53 Å². The van der Waals surface area contributed by atoms with Crippen molar-refractivity contribution in [3.63, 3.8) is 0 Å². The second-order valence-electron chi connectivity index (χ2n) is 5.55. The second kappa shape index (κ2) is 7.66. The number of carbonyl (C=O) groups excluding carboxylic acids is 1. The Labute approximate surface area is 131 Å². The molecule has 0 saturated heterocycles. The van der Waals surface area contributed by atoms with Gasteiger partial charge in [0.2, 0.25) is 0 Å². The summed E-state index contributed by atoms with van der Waals surface area (Å²) in [5.74, 6) is -3.30. The summed E-state index contributed by atoms with van der Waals surface area (Å²) in [6.07, 6.45) is -3.68. The van der Waals surface area contributed by atoms with Crippen molar-refractivity contribution >= 4 is 5.97 Å². The third-order valence-corrected chi connectivity index (χ3v) is 3.89. The summed E-state index contributed by atoms with van der Waals surface area (Å²) in [5.41, 5.74) is 0. The van der Waals surface area contributed by atoms with E-state index in [1.807, 2.05) is 0 Å². The van der Waals surface area contributed by atoms with Crippen molar-refractivity contribution in [1.82, 2.24) is 0 Å². The van der Waals surface area contributed by atoms with Gasteiger partial charge < -0.3 is 9.47 Å². The van der Waals surface area contributed by atoms with Gasteiger partial charge in [0.05, 0.1) is 11.8 Å². The molecule has 0 amide bonds. The van der Waals surface area contributed by atoms with Crippen molar-refractivity contribution in [3.8, 4) is 5.75 Å². The average molecular weight is 334 g/mol. The van der Waals surface area contributed by atoms with E-state index in [2.05, 4.69) is 0 Å². The maximum atomic E-state index is 13.3. The quantitative estimate of drug-likeness (QED) is 0.462. The third-order valence-electron chi connectivity index (χ3n) is 3.89. The van der Waals surface area contributed by atoms with Crippen LogP contribution in [0.3, 0.4) is 0 Å². The maximum Gasteiger partial charge on any atom is 0.391 e. The van der Waals surface area contributed by atoms with Gasteiger partial charge in [-0.25, -0.2) is 4.39 Å². The molecule has 1 aliphatic rings. The van der Waals surface area contributed by atoms with Crippen molar-refractivity contribution in [2.75, 3.05) is 13.2 Å². The number of ether oxygens (including phenoxy) is 2. The SMILES string of the molecule is O=C(OCCOc1ccccc1F)C1CCCC(C(F)(F)F)C1. The number of esters is 1. The van der Waals surface area contributed by atoms with E-state index in [-0.39, 0.29) is 31.8 Å². The Hall–Kier alpha value is -1.79. The Morgan fingerprint density at radius 3 is 2.61 bits per heavy atom. The summed E-state index contributed by atoms with van der Waals surface area (Å²) in [4.78, 5) is 11.8. The minimum Gasteiger partial charge on any atom is -0.487 e. The molecule has 7 heteroatoms. The summed E-state index contributed by atoms with van der Waals surface area (Å²) in [5, 5.41) is 0. The molecule has 0 bridgehead atoms. The summed E-state index contributed by atoms with van der Waals surface area (Å²) < 4.78 is 61.5. The van der Waals surface area contributed by atoms with Gasteiger partial charge in [0.15, 0.2) is 11.6 Å². The first-order chi connectivity index (χ1) is 10.9. The van der Waals surface area contributed by atoms with Gasteiger partial charge in [-0.15, -0.1) is 0 Å². The summed E-state index contributed by atoms with van der Waals surface area (Å²) in [6.45, 7) is -0.178. The molecule has 0 radical (unpaired) electrons. The Kier molecular flexibility index (Phi) is 5.85. The minimum atomic E-state index is -4.27. The zero-order valence-corrected chi connectivity index (χ0v) is 12.4. The topological polar surface area (TPSA) is 35.5 Å². The molecule has 0 spiro atoms. The molecule has 2 unspecified atom stereocenters. The molecule has 0 aliphatic heterocycles. The first-order valence-electron chi connectivity index (χ1n) is 7.48.